The second-order valence-corrected chi connectivity index (χ2v) is 6.34. The molecule has 102 valence electrons. The maximum Gasteiger partial charge on any atom is 0.116 e. The third-order valence-corrected chi connectivity index (χ3v) is 4.14. The zero-order valence-electron chi connectivity index (χ0n) is 11.9. The molecule has 0 aromatic heterocycles. The van der Waals surface area contributed by atoms with E-state index in [2.05, 4.69) is 35.3 Å². The Hall–Kier alpha value is -0.630. The van der Waals surface area contributed by atoms with Crippen molar-refractivity contribution in [2.24, 2.45) is 0 Å². The lowest BCUT2D eigenvalue weighted by molar-refractivity contribution is 0.117. The van der Waals surface area contributed by atoms with Crippen LogP contribution in [-0.4, -0.2) is 61.2 Å². The zero-order chi connectivity index (χ0) is 13.2. The van der Waals surface area contributed by atoms with Crippen LogP contribution >= 0.6 is 0 Å². The summed E-state index contributed by atoms with van der Waals surface area (Å²) < 4.78 is 0. The molecule has 2 rings (SSSR count). The number of rotatable bonds is 5. The van der Waals surface area contributed by atoms with Gasteiger partial charge in [0.2, 0.25) is 0 Å². The fourth-order valence-electron chi connectivity index (χ4n) is 2.92. The average molecular weight is 250 g/mol. The van der Waals surface area contributed by atoms with Gasteiger partial charge < -0.3 is 4.90 Å². The molecule has 4 heteroatoms. The summed E-state index contributed by atoms with van der Waals surface area (Å²) in [5.74, 6) is 0. The van der Waals surface area contributed by atoms with E-state index in [-0.39, 0.29) is 0 Å². The quantitative estimate of drug-likeness (QED) is 0.792. The van der Waals surface area contributed by atoms with E-state index in [1.807, 2.05) is 6.92 Å². The highest BCUT2D eigenvalue weighted by Crippen LogP contribution is 2.23. The minimum atomic E-state index is -0.397. The average Bonchev–Trinajstić information content (AvgIpc) is 3.12. The Kier molecular flexibility index (Phi) is 4.26. The monoisotopic (exact) mass is 250 g/mol. The Morgan fingerprint density at radius 2 is 2.17 bits per heavy atom. The summed E-state index contributed by atoms with van der Waals surface area (Å²) in [6.45, 7) is 5.19. The van der Waals surface area contributed by atoms with Crippen molar-refractivity contribution in [2.45, 2.75) is 50.2 Å². The molecule has 2 unspecified atom stereocenters. The number of likely N-dealkylation sites (tertiary alicyclic amines) is 1. The van der Waals surface area contributed by atoms with Crippen molar-refractivity contribution in [1.29, 1.82) is 5.26 Å². The molecule has 0 radical (unpaired) electrons. The first-order valence-electron chi connectivity index (χ1n) is 7.10. The van der Waals surface area contributed by atoms with E-state index in [9.17, 15) is 5.26 Å². The van der Waals surface area contributed by atoms with Gasteiger partial charge in [-0.1, -0.05) is 0 Å². The predicted octanol–water partition coefficient (Wildman–Crippen LogP) is 1.05. The molecule has 0 bridgehead atoms. The van der Waals surface area contributed by atoms with Crippen LogP contribution in [0.15, 0.2) is 0 Å². The second-order valence-electron chi connectivity index (χ2n) is 6.34. The van der Waals surface area contributed by atoms with Crippen LogP contribution in [-0.2, 0) is 0 Å². The molecule has 2 fully saturated rings. The number of hydrogen-bond acceptors (Lipinski definition) is 4. The molecule has 2 aliphatic rings. The number of nitrogens with one attached hydrogen (secondary N) is 1. The largest absolute Gasteiger partial charge is 0.305 e. The first-order valence-corrected chi connectivity index (χ1v) is 7.10. The van der Waals surface area contributed by atoms with Crippen LogP contribution in [0.25, 0.3) is 0 Å². The molecule has 0 aromatic rings. The number of likely N-dealkylation sites (N-methyl/N-ethyl adjacent to an activating group) is 2. The maximum atomic E-state index is 9.41. The molecule has 0 spiro atoms. The van der Waals surface area contributed by atoms with Crippen LogP contribution in [0, 0.1) is 11.3 Å². The Morgan fingerprint density at radius 1 is 1.44 bits per heavy atom. The van der Waals surface area contributed by atoms with Crippen molar-refractivity contribution in [2.75, 3.05) is 33.7 Å². The third kappa shape index (κ3) is 3.68. The molecular weight excluding hydrogens is 224 g/mol. The summed E-state index contributed by atoms with van der Waals surface area (Å²) in [4.78, 5) is 4.76. The van der Waals surface area contributed by atoms with Crippen molar-refractivity contribution >= 4 is 0 Å². The molecule has 18 heavy (non-hydrogen) atoms. The molecule has 2 atom stereocenters. The molecule has 1 heterocycles. The predicted molar refractivity (Wildman–Crippen MR) is 73.3 cm³/mol. The lowest BCUT2D eigenvalue weighted by atomic mass is 9.99. The van der Waals surface area contributed by atoms with Crippen molar-refractivity contribution in [3.8, 4) is 6.07 Å². The highest BCUT2D eigenvalue weighted by molar-refractivity contribution is 5.09. The van der Waals surface area contributed by atoms with Crippen LogP contribution < -0.4 is 5.32 Å². The summed E-state index contributed by atoms with van der Waals surface area (Å²) in [7, 11) is 4.35. The van der Waals surface area contributed by atoms with Crippen molar-refractivity contribution < 1.29 is 0 Å². The van der Waals surface area contributed by atoms with E-state index >= 15 is 0 Å². The van der Waals surface area contributed by atoms with E-state index in [1.54, 1.807) is 0 Å². The van der Waals surface area contributed by atoms with Gasteiger partial charge in [-0.25, -0.2) is 0 Å². The third-order valence-electron chi connectivity index (χ3n) is 4.14. The number of nitriles is 1. The summed E-state index contributed by atoms with van der Waals surface area (Å²) in [6.07, 6.45) is 4.98. The highest BCUT2D eigenvalue weighted by atomic mass is 15.2. The molecule has 1 saturated heterocycles. The summed E-state index contributed by atoms with van der Waals surface area (Å²) in [5, 5.41) is 12.9. The van der Waals surface area contributed by atoms with Crippen LogP contribution in [0.2, 0.25) is 0 Å². The van der Waals surface area contributed by atoms with E-state index in [0.29, 0.717) is 12.1 Å². The highest BCUT2D eigenvalue weighted by Gasteiger charge is 2.35. The minimum absolute atomic E-state index is 0.397. The second kappa shape index (κ2) is 5.56. The van der Waals surface area contributed by atoms with Gasteiger partial charge in [0.05, 0.1) is 6.07 Å². The molecule has 1 N–H and O–H groups in total. The molecule has 0 aromatic carbocycles. The van der Waals surface area contributed by atoms with Crippen molar-refractivity contribution in [3.05, 3.63) is 0 Å². The summed E-state index contributed by atoms with van der Waals surface area (Å²) in [5.41, 5.74) is -0.397. The summed E-state index contributed by atoms with van der Waals surface area (Å²) in [6, 6.07) is 3.64. The Morgan fingerprint density at radius 3 is 2.72 bits per heavy atom. The normalized spacial score (nSPS) is 28.9. The maximum absolute atomic E-state index is 9.41. The summed E-state index contributed by atoms with van der Waals surface area (Å²) >= 11 is 0. The first-order chi connectivity index (χ1) is 8.52. The fraction of sp³-hybridized carbons (Fsp3) is 0.929. The van der Waals surface area contributed by atoms with Gasteiger partial charge in [-0.15, -0.1) is 0 Å². The molecule has 4 nitrogen and oxygen atoms in total. The van der Waals surface area contributed by atoms with Gasteiger partial charge in [0.1, 0.15) is 5.54 Å². The fourth-order valence-corrected chi connectivity index (χ4v) is 2.92. The Bertz CT molecular complexity index is 320. The Balaban J connectivity index is 1.87. The topological polar surface area (TPSA) is 42.3 Å². The van der Waals surface area contributed by atoms with Gasteiger partial charge >= 0.3 is 0 Å². The van der Waals surface area contributed by atoms with Crippen LogP contribution in [0.5, 0.6) is 0 Å². The van der Waals surface area contributed by atoms with Gasteiger partial charge in [0, 0.05) is 25.2 Å². The minimum Gasteiger partial charge on any atom is -0.305 e. The lowest BCUT2D eigenvalue weighted by Gasteiger charge is -2.39. The SMILES string of the molecule is CN1CCCC(N(C)CC(C)(C#N)NC2CC2)C1. The standard InChI is InChI=1S/C14H26N4/c1-14(10-15,16-12-6-7-12)11-18(3)13-5-4-8-17(2)9-13/h12-13,16H,4-9,11H2,1-3H3. The van der Waals surface area contributed by atoms with Gasteiger partial charge in [-0.3, -0.25) is 10.2 Å². The number of piperidine rings is 1. The smallest absolute Gasteiger partial charge is 0.116 e. The lowest BCUT2D eigenvalue weighted by Crippen LogP contribution is -2.55. The number of hydrogen-bond donors (Lipinski definition) is 1. The molecule has 1 aliphatic heterocycles. The van der Waals surface area contributed by atoms with Gasteiger partial charge in [-0.05, 0) is 53.2 Å². The zero-order valence-corrected chi connectivity index (χ0v) is 11.9. The first kappa shape index (κ1) is 13.8. The van der Waals surface area contributed by atoms with Crippen LogP contribution in [0.3, 0.4) is 0 Å². The van der Waals surface area contributed by atoms with Crippen LogP contribution in [0.1, 0.15) is 32.6 Å². The van der Waals surface area contributed by atoms with E-state index in [4.69, 9.17) is 0 Å². The van der Waals surface area contributed by atoms with Crippen molar-refractivity contribution in [1.82, 2.24) is 15.1 Å². The van der Waals surface area contributed by atoms with Gasteiger partial charge in [-0.2, -0.15) is 5.26 Å². The van der Waals surface area contributed by atoms with Crippen LogP contribution in [0.4, 0.5) is 0 Å². The van der Waals surface area contributed by atoms with E-state index in [0.717, 1.165) is 13.1 Å². The van der Waals surface area contributed by atoms with Crippen molar-refractivity contribution in [3.63, 3.8) is 0 Å². The Labute approximate surface area is 111 Å². The molecular formula is C14H26N4. The molecule has 1 saturated carbocycles. The number of nitrogens with zero attached hydrogens (tertiary/aromatic N) is 3. The molecule has 1 aliphatic carbocycles. The van der Waals surface area contributed by atoms with Gasteiger partial charge in [0.15, 0.2) is 0 Å². The molecule has 0 amide bonds. The van der Waals surface area contributed by atoms with E-state index < -0.39 is 5.54 Å². The van der Waals surface area contributed by atoms with E-state index in [1.165, 1.54) is 32.2 Å². The van der Waals surface area contributed by atoms with Gasteiger partial charge in [0.25, 0.3) is 0 Å².